The Morgan fingerprint density at radius 3 is 2.82 bits per heavy atom. The molecule has 1 atom stereocenters. The van der Waals surface area contributed by atoms with Crippen LogP contribution >= 0.6 is 11.6 Å². The van der Waals surface area contributed by atoms with Gasteiger partial charge in [-0.15, -0.1) is 0 Å². The monoisotopic (exact) mass is 483 g/mol. The quantitative estimate of drug-likeness (QED) is 0.259. The summed E-state index contributed by atoms with van der Waals surface area (Å²) in [4.78, 5) is 10.4. The van der Waals surface area contributed by atoms with E-state index in [1.807, 2.05) is 29.0 Å². The van der Waals surface area contributed by atoms with Crippen molar-refractivity contribution in [1.29, 1.82) is 5.41 Å². The van der Waals surface area contributed by atoms with Gasteiger partial charge in [-0.2, -0.15) is 0 Å². The predicted molar refractivity (Wildman–Crippen MR) is 125 cm³/mol. The highest BCUT2D eigenvalue weighted by Crippen LogP contribution is 2.35. The van der Waals surface area contributed by atoms with Crippen molar-refractivity contribution >= 4 is 38.9 Å². The van der Waals surface area contributed by atoms with E-state index < -0.39 is 10.8 Å². The van der Waals surface area contributed by atoms with Gasteiger partial charge >= 0.3 is 0 Å². The van der Waals surface area contributed by atoms with E-state index in [4.69, 9.17) is 21.7 Å². The number of halogens is 2. The molecule has 0 fully saturated rings. The second kappa shape index (κ2) is 9.01. The Hall–Kier alpha value is -3.14. The molecule has 33 heavy (non-hydrogen) atoms. The third-order valence-corrected chi connectivity index (χ3v) is 6.52. The van der Waals surface area contributed by atoms with E-state index in [-0.39, 0.29) is 11.0 Å². The van der Waals surface area contributed by atoms with Crippen LogP contribution in [0, 0.1) is 11.2 Å². The number of hydrogen-bond donors (Lipinski definition) is 1. The second-order valence-electron chi connectivity index (χ2n) is 7.65. The molecule has 0 saturated carbocycles. The van der Waals surface area contributed by atoms with E-state index in [9.17, 15) is 8.60 Å². The molecule has 2 aromatic carbocycles. The van der Waals surface area contributed by atoms with Gasteiger partial charge in [-0.25, -0.2) is 18.6 Å². The zero-order chi connectivity index (χ0) is 22.9. The van der Waals surface area contributed by atoms with Crippen LogP contribution in [0.4, 0.5) is 4.39 Å². The first-order valence-electron chi connectivity index (χ1n) is 10.2. The lowest BCUT2D eigenvalue weighted by Crippen LogP contribution is -2.25. The molecule has 1 aliphatic rings. The van der Waals surface area contributed by atoms with Crippen molar-refractivity contribution in [2.24, 2.45) is 0 Å². The molecule has 1 unspecified atom stereocenters. The summed E-state index contributed by atoms with van der Waals surface area (Å²) >= 11 is 6.60. The number of ether oxygens (including phenoxy) is 1. The van der Waals surface area contributed by atoms with Crippen molar-refractivity contribution in [1.82, 2.24) is 19.4 Å². The van der Waals surface area contributed by atoms with Gasteiger partial charge in [-0.05, 0) is 36.4 Å². The molecule has 0 bridgehead atoms. The minimum Gasteiger partial charge on any atom is -0.490 e. The standard InChI is InChI=1S/C23H19ClFN5O2S/c24-20-9-19(30-4-3-16-7-18(25)1-2-21(16)30)8-17-13-29(5-6-32-22(17)20)12-15-10-27-23(28-11-15)33(31)14-26/h1-4,7-11,14,26H,5-6,12-13H2. The van der Waals surface area contributed by atoms with E-state index in [1.165, 1.54) is 12.1 Å². The summed E-state index contributed by atoms with van der Waals surface area (Å²) in [7, 11) is -1.62. The molecular weight excluding hydrogens is 465 g/mol. The van der Waals surface area contributed by atoms with Crippen LogP contribution in [0.5, 0.6) is 5.75 Å². The Labute approximate surface area is 196 Å². The van der Waals surface area contributed by atoms with Gasteiger partial charge in [0, 0.05) is 60.4 Å². The van der Waals surface area contributed by atoms with E-state index in [0.717, 1.165) is 33.3 Å². The van der Waals surface area contributed by atoms with E-state index in [2.05, 4.69) is 14.9 Å². The zero-order valence-corrected chi connectivity index (χ0v) is 18.9. The van der Waals surface area contributed by atoms with Gasteiger partial charge in [-0.3, -0.25) is 10.3 Å². The molecule has 5 rings (SSSR count). The lowest BCUT2D eigenvalue weighted by Gasteiger charge is -2.19. The first-order chi connectivity index (χ1) is 16.0. The summed E-state index contributed by atoms with van der Waals surface area (Å²) in [6.45, 7) is 2.34. The van der Waals surface area contributed by atoms with Crippen molar-refractivity contribution in [3.63, 3.8) is 0 Å². The fourth-order valence-electron chi connectivity index (χ4n) is 3.96. The molecule has 1 N–H and O–H groups in total. The van der Waals surface area contributed by atoms with Crippen LogP contribution in [0.15, 0.2) is 60.1 Å². The highest BCUT2D eigenvalue weighted by Gasteiger charge is 2.20. The SMILES string of the molecule is N=CS(=O)c1ncc(CN2CCOc3c(Cl)cc(-n4ccc5cc(F)ccc54)cc3C2)cn1. The summed E-state index contributed by atoms with van der Waals surface area (Å²) in [5.74, 6) is 0.392. The molecule has 2 aromatic heterocycles. The van der Waals surface area contributed by atoms with E-state index >= 15 is 0 Å². The van der Waals surface area contributed by atoms with Crippen LogP contribution in [-0.2, 0) is 23.9 Å². The normalized spacial score (nSPS) is 15.0. The molecule has 1 aliphatic heterocycles. The van der Waals surface area contributed by atoms with E-state index in [0.29, 0.717) is 37.0 Å². The highest BCUT2D eigenvalue weighted by atomic mass is 35.5. The number of benzene rings is 2. The van der Waals surface area contributed by atoms with Crippen molar-refractivity contribution < 1.29 is 13.3 Å². The average Bonchev–Trinajstić information content (AvgIpc) is 3.12. The Morgan fingerprint density at radius 2 is 2.03 bits per heavy atom. The molecule has 3 heterocycles. The van der Waals surface area contributed by atoms with Crippen LogP contribution in [0.3, 0.4) is 0 Å². The zero-order valence-electron chi connectivity index (χ0n) is 17.4. The summed E-state index contributed by atoms with van der Waals surface area (Å²) < 4.78 is 33.2. The summed E-state index contributed by atoms with van der Waals surface area (Å²) in [5, 5.41) is 8.54. The number of fused-ring (bicyclic) bond motifs is 2. The summed E-state index contributed by atoms with van der Waals surface area (Å²) in [6.07, 6.45) is 5.16. The third-order valence-electron chi connectivity index (χ3n) is 5.46. The number of aromatic nitrogens is 3. The van der Waals surface area contributed by atoms with Crippen LogP contribution in [0.25, 0.3) is 16.6 Å². The van der Waals surface area contributed by atoms with Gasteiger partial charge in [0.15, 0.2) is 0 Å². The van der Waals surface area contributed by atoms with Gasteiger partial charge in [-0.1, -0.05) is 11.6 Å². The average molecular weight is 484 g/mol. The molecule has 0 aliphatic carbocycles. The van der Waals surface area contributed by atoms with Gasteiger partial charge in [0.2, 0.25) is 5.16 Å². The van der Waals surface area contributed by atoms with Crippen molar-refractivity contribution in [3.8, 4) is 11.4 Å². The Bertz CT molecular complexity index is 1380. The minimum atomic E-state index is -1.62. The first-order valence-corrected chi connectivity index (χ1v) is 11.8. The predicted octanol–water partition coefficient (Wildman–Crippen LogP) is 4.32. The molecule has 4 aromatic rings. The maximum Gasteiger partial charge on any atom is 0.224 e. The van der Waals surface area contributed by atoms with Gasteiger partial charge in [0.25, 0.3) is 0 Å². The van der Waals surface area contributed by atoms with Crippen molar-refractivity contribution in [2.45, 2.75) is 18.2 Å². The summed E-state index contributed by atoms with van der Waals surface area (Å²) in [5.41, 5.74) is 4.38. The van der Waals surface area contributed by atoms with Gasteiger partial charge < -0.3 is 9.30 Å². The van der Waals surface area contributed by atoms with Crippen LogP contribution in [0.1, 0.15) is 11.1 Å². The van der Waals surface area contributed by atoms with Gasteiger partial charge in [0.05, 0.1) is 16.1 Å². The molecule has 0 spiro atoms. The molecule has 0 radical (unpaired) electrons. The second-order valence-corrected chi connectivity index (χ2v) is 9.26. The maximum absolute atomic E-state index is 13.6. The van der Waals surface area contributed by atoms with E-state index in [1.54, 1.807) is 18.5 Å². The number of nitrogens with one attached hydrogen (secondary N) is 1. The Morgan fingerprint density at radius 1 is 1.21 bits per heavy atom. The molecular formula is C23H19ClFN5O2S. The van der Waals surface area contributed by atoms with Gasteiger partial charge in [0.1, 0.15) is 29.0 Å². The summed E-state index contributed by atoms with van der Waals surface area (Å²) in [6, 6.07) is 10.5. The number of rotatable bonds is 5. The Balaban J connectivity index is 1.43. The topological polar surface area (TPSA) is 84.1 Å². The number of nitrogens with zero attached hydrogens (tertiary/aromatic N) is 4. The van der Waals surface area contributed by atoms with Crippen LogP contribution < -0.4 is 4.74 Å². The fraction of sp³-hybridized carbons (Fsp3) is 0.174. The molecule has 10 heteroatoms. The largest absolute Gasteiger partial charge is 0.490 e. The van der Waals surface area contributed by atoms with Crippen molar-refractivity contribution in [3.05, 3.63) is 77.0 Å². The molecule has 0 saturated heterocycles. The molecule has 7 nitrogen and oxygen atoms in total. The van der Waals surface area contributed by atoms with Crippen molar-refractivity contribution in [2.75, 3.05) is 13.2 Å². The smallest absolute Gasteiger partial charge is 0.224 e. The lowest BCUT2D eigenvalue weighted by atomic mass is 10.1. The van der Waals surface area contributed by atoms with Crippen LogP contribution in [-0.4, -0.2) is 42.3 Å². The minimum absolute atomic E-state index is 0.119. The maximum atomic E-state index is 13.6. The fourth-order valence-corrected chi connectivity index (χ4v) is 4.67. The van der Waals surface area contributed by atoms with Crippen LogP contribution in [0.2, 0.25) is 5.02 Å². The molecule has 168 valence electrons. The first kappa shape index (κ1) is 21.7. The Kier molecular flexibility index (Phi) is 5.92. The highest BCUT2D eigenvalue weighted by molar-refractivity contribution is 7.98. The lowest BCUT2D eigenvalue weighted by molar-refractivity contribution is 0.219. The molecule has 0 amide bonds. The number of hydrogen-bond acceptors (Lipinski definition) is 6. The third kappa shape index (κ3) is 4.39.